The Balaban J connectivity index is 2.33. The van der Waals surface area contributed by atoms with Gasteiger partial charge < -0.3 is 5.32 Å². The van der Waals surface area contributed by atoms with Crippen LogP contribution in [0.2, 0.25) is 0 Å². The maximum Gasteiger partial charge on any atom is 0.258 e. The van der Waals surface area contributed by atoms with Gasteiger partial charge in [-0.2, -0.15) is 0 Å². The molecule has 1 heterocycles. The predicted molar refractivity (Wildman–Crippen MR) is 59.5 cm³/mol. The fourth-order valence-corrected chi connectivity index (χ4v) is 2.22. The summed E-state index contributed by atoms with van der Waals surface area (Å²) < 4.78 is 65.4. The Kier molecular flexibility index (Phi) is 4.36. The highest BCUT2D eigenvalue weighted by molar-refractivity contribution is 5.23. The number of hydrogen-bond acceptors (Lipinski definition) is 2. The molecule has 1 aromatic rings. The van der Waals surface area contributed by atoms with Gasteiger partial charge in [-0.15, -0.1) is 0 Å². The van der Waals surface area contributed by atoms with Crippen molar-refractivity contribution in [2.45, 2.75) is 12.5 Å². The molecule has 1 aliphatic heterocycles. The predicted octanol–water partition coefficient (Wildman–Crippen LogP) is 2.32. The first kappa shape index (κ1) is 14.2. The molecule has 7 heteroatoms. The van der Waals surface area contributed by atoms with Crippen LogP contribution in [0.1, 0.15) is 11.6 Å². The number of hydrogen-bond donors (Lipinski definition) is 1. The highest BCUT2D eigenvalue weighted by Crippen LogP contribution is 2.29. The standard InChI is InChI=1S/C12H13F5N2/c13-8-5-7(6-9(14)10(8)15)11(12(16)17)19-3-1-18-2-4-19/h5-6,11-12,18H,1-4H2/t11-/m1/s1. The summed E-state index contributed by atoms with van der Waals surface area (Å²) in [7, 11) is 0. The number of halogens is 5. The molecular formula is C12H13F5N2. The van der Waals surface area contributed by atoms with Gasteiger partial charge in [-0.05, 0) is 17.7 Å². The van der Waals surface area contributed by atoms with Crippen molar-refractivity contribution in [1.29, 1.82) is 0 Å². The number of nitrogens with zero attached hydrogens (tertiary/aromatic N) is 1. The van der Waals surface area contributed by atoms with Crippen molar-refractivity contribution in [1.82, 2.24) is 10.2 Å². The lowest BCUT2D eigenvalue weighted by Gasteiger charge is -2.34. The SMILES string of the molecule is Fc1cc([C@H](C(F)F)N2CCNCC2)cc(F)c1F. The lowest BCUT2D eigenvalue weighted by atomic mass is 10.0. The van der Waals surface area contributed by atoms with Crippen molar-refractivity contribution in [2.24, 2.45) is 0 Å². The van der Waals surface area contributed by atoms with Crippen LogP contribution in [0.25, 0.3) is 0 Å². The van der Waals surface area contributed by atoms with E-state index in [1.807, 2.05) is 0 Å². The second-order valence-electron chi connectivity index (χ2n) is 4.36. The van der Waals surface area contributed by atoms with Gasteiger partial charge in [0.1, 0.15) is 0 Å². The molecule has 0 saturated carbocycles. The Bertz CT molecular complexity index is 423. The molecule has 0 bridgehead atoms. The van der Waals surface area contributed by atoms with E-state index in [1.165, 1.54) is 4.90 Å². The Morgan fingerprint density at radius 1 is 1.00 bits per heavy atom. The van der Waals surface area contributed by atoms with E-state index in [1.54, 1.807) is 0 Å². The van der Waals surface area contributed by atoms with Crippen molar-refractivity contribution in [3.8, 4) is 0 Å². The minimum atomic E-state index is -2.80. The van der Waals surface area contributed by atoms with Gasteiger partial charge in [-0.3, -0.25) is 4.90 Å². The molecule has 2 nitrogen and oxygen atoms in total. The summed E-state index contributed by atoms with van der Waals surface area (Å²) in [6.07, 6.45) is -2.80. The van der Waals surface area contributed by atoms with Gasteiger partial charge >= 0.3 is 0 Å². The van der Waals surface area contributed by atoms with Gasteiger partial charge in [0.05, 0.1) is 6.04 Å². The van der Waals surface area contributed by atoms with Gasteiger partial charge in [0.25, 0.3) is 6.43 Å². The minimum Gasteiger partial charge on any atom is -0.314 e. The van der Waals surface area contributed by atoms with E-state index < -0.39 is 29.9 Å². The zero-order chi connectivity index (χ0) is 14.0. The van der Waals surface area contributed by atoms with Crippen LogP contribution in [0.4, 0.5) is 22.0 Å². The Hall–Kier alpha value is -1.21. The lowest BCUT2D eigenvalue weighted by molar-refractivity contribution is 0.0178. The van der Waals surface area contributed by atoms with Crippen molar-refractivity contribution in [2.75, 3.05) is 26.2 Å². The number of alkyl halides is 2. The molecule has 1 fully saturated rings. The fourth-order valence-electron chi connectivity index (χ4n) is 2.22. The molecule has 0 unspecified atom stereocenters. The highest BCUT2D eigenvalue weighted by atomic mass is 19.3. The molecule has 1 aliphatic rings. The van der Waals surface area contributed by atoms with Crippen LogP contribution < -0.4 is 5.32 Å². The van der Waals surface area contributed by atoms with E-state index in [2.05, 4.69) is 5.32 Å². The zero-order valence-electron chi connectivity index (χ0n) is 9.97. The Labute approximate surface area is 107 Å². The maximum absolute atomic E-state index is 13.1. The summed E-state index contributed by atoms with van der Waals surface area (Å²) in [4.78, 5) is 1.44. The third-order valence-corrected chi connectivity index (χ3v) is 3.13. The molecule has 0 spiro atoms. The van der Waals surface area contributed by atoms with Crippen molar-refractivity contribution in [3.63, 3.8) is 0 Å². The first-order valence-corrected chi connectivity index (χ1v) is 5.88. The monoisotopic (exact) mass is 280 g/mol. The van der Waals surface area contributed by atoms with E-state index in [4.69, 9.17) is 0 Å². The van der Waals surface area contributed by atoms with Crippen LogP contribution in [0.3, 0.4) is 0 Å². The summed E-state index contributed by atoms with van der Waals surface area (Å²) in [5, 5.41) is 3.00. The summed E-state index contributed by atoms with van der Waals surface area (Å²) in [6.45, 7) is 1.73. The van der Waals surface area contributed by atoms with Crippen molar-refractivity contribution in [3.05, 3.63) is 35.1 Å². The molecule has 0 aromatic heterocycles. The fraction of sp³-hybridized carbons (Fsp3) is 0.500. The van der Waals surface area contributed by atoms with Crippen LogP contribution in [0.15, 0.2) is 12.1 Å². The smallest absolute Gasteiger partial charge is 0.258 e. The maximum atomic E-state index is 13.1. The van der Waals surface area contributed by atoms with Gasteiger partial charge in [-0.1, -0.05) is 0 Å². The van der Waals surface area contributed by atoms with E-state index in [-0.39, 0.29) is 5.56 Å². The zero-order valence-corrected chi connectivity index (χ0v) is 9.97. The summed E-state index contributed by atoms with van der Waals surface area (Å²) in [6, 6.07) is -0.152. The van der Waals surface area contributed by atoms with Gasteiger partial charge in [0, 0.05) is 26.2 Å². The van der Waals surface area contributed by atoms with E-state index >= 15 is 0 Å². The molecule has 106 valence electrons. The van der Waals surface area contributed by atoms with Crippen LogP contribution in [0, 0.1) is 17.5 Å². The van der Waals surface area contributed by atoms with E-state index in [0.29, 0.717) is 38.3 Å². The number of nitrogens with one attached hydrogen (secondary N) is 1. The summed E-state index contributed by atoms with van der Waals surface area (Å²) >= 11 is 0. The molecule has 1 saturated heterocycles. The molecule has 1 N–H and O–H groups in total. The van der Waals surface area contributed by atoms with Crippen LogP contribution >= 0.6 is 0 Å². The summed E-state index contributed by atoms with van der Waals surface area (Å²) in [5.74, 6) is -4.54. The quantitative estimate of drug-likeness (QED) is 0.675. The average Bonchev–Trinajstić information content (AvgIpc) is 2.37. The normalized spacial score (nSPS) is 18.8. The Morgan fingerprint density at radius 2 is 1.53 bits per heavy atom. The largest absolute Gasteiger partial charge is 0.314 e. The van der Waals surface area contributed by atoms with Gasteiger partial charge in [0.15, 0.2) is 17.5 Å². The van der Waals surface area contributed by atoms with Crippen LogP contribution in [-0.2, 0) is 0 Å². The average molecular weight is 280 g/mol. The highest BCUT2D eigenvalue weighted by Gasteiger charge is 2.31. The first-order chi connectivity index (χ1) is 9.00. The first-order valence-electron chi connectivity index (χ1n) is 5.88. The third kappa shape index (κ3) is 3.03. The second kappa shape index (κ2) is 5.83. The lowest BCUT2D eigenvalue weighted by Crippen LogP contribution is -2.47. The number of piperazine rings is 1. The van der Waals surface area contributed by atoms with Crippen LogP contribution in [-0.4, -0.2) is 37.5 Å². The van der Waals surface area contributed by atoms with E-state index in [0.717, 1.165) is 0 Å². The van der Waals surface area contributed by atoms with Gasteiger partial charge in [0.2, 0.25) is 0 Å². The third-order valence-electron chi connectivity index (χ3n) is 3.13. The molecule has 2 rings (SSSR count). The number of rotatable bonds is 3. The van der Waals surface area contributed by atoms with Gasteiger partial charge in [-0.25, -0.2) is 22.0 Å². The van der Waals surface area contributed by atoms with Crippen molar-refractivity contribution >= 4 is 0 Å². The molecule has 1 aromatic carbocycles. The number of benzene rings is 1. The minimum absolute atomic E-state index is 0.242. The van der Waals surface area contributed by atoms with Crippen LogP contribution in [0.5, 0.6) is 0 Å². The molecule has 19 heavy (non-hydrogen) atoms. The molecule has 1 atom stereocenters. The molecule has 0 amide bonds. The summed E-state index contributed by atoms with van der Waals surface area (Å²) in [5.41, 5.74) is -0.242. The molecular weight excluding hydrogens is 267 g/mol. The topological polar surface area (TPSA) is 15.3 Å². The van der Waals surface area contributed by atoms with Crippen molar-refractivity contribution < 1.29 is 22.0 Å². The molecule has 0 aliphatic carbocycles. The van der Waals surface area contributed by atoms with E-state index in [9.17, 15) is 22.0 Å². The Morgan fingerprint density at radius 3 is 2.00 bits per heavy atom. The molecule has 0 radical (unpaired) electrons. The second-order valence-corrected chi connectivity index (χ2v) is 4.36.